The molecule has 0 radical (unpaired) electrons. The minimum atomic E-state index is 0.308. The molecule has 0 saturated carbocycles. The van der Waals surface area contributed by atoms with Crippen molar-refractivity contribution >= 4 is 11.0 Å². The summed E-state index contributed by atoms with van der Waals surface area (Å²) in [6.45, 7) is 3.21. The lowest BCUT2D eigenvalue weighted by molar-refractivity contribution is 0.362. The molecule has 0 saturated heterocycles. The smallest absolute Gasteiger partial charge is 0.108 e. The van der Waals surface area contributed by atoms with E-state index in [-0.39, 0.29) is 0 Å². The molecule has 5 heteroatoms. The number of para-hydroxylation sites is 2. The van der Waals surface area contributed by atoms with E-state index in [2.05, 4.69) is 73.9 Å². The van der Waals surface area contributed by atoms with Gasteiger partial charge in [0, 0.05) is 43.1 Å². The molecule has 0 spiro atoms. The maximum Gasteiger partial charge on any atom is 0.108 e. The van der Waals surface area contributed by atoms with Crippen LogP contribution in [0.25, 0.3) is 16.7 Å². The van der Waals surface area contributed by atoms with Crippen LogP contribution in [0.2, 0.25) is 0 Å². The normalized spacial score (nSPS) is 17.5. The predicted octanol–water partition coefficient (Wildman–Crippen LogP) is 4.45. The van der Waals surface area contributed by atoms with E-state index in [9.17, 15) is 0 Å². The molecule has 4 aromatic rings. The Balaban J connectivity index is 1.28. The van der Waals surface area contributed by atoms with Gasteiger partial charge in [-0.15, -0.1) is 0 Å². The van der Waals surface area contributed by atoms with Gasteiger partial charge < -0.3 is 9.88 Å². The standard InChI is InChI=1S/C23H25N5/c1-17(25-15-20-5-4-8-23-24-13-14-27(20)23)18-9-11-19(12-10-18)28-16-26-21-6-2-3-7-22(21)28/h2-3,6-7,9-14,16-17,20,25H,4-5,8,15H2,1H3. The van der Waals surface area contributed by atoms with E-state index in [1.54, 1.807) is 0 Å². The second kappa shape index (κ2) is 7.24. The average molecular weight is 371 g/mol. The van der Waals surface area contributed by atoms with Gasteiger partial charge in [-0.2, -0.15) is 0 Å². The highest BCUT2D eigenvalue weighted by Gasteiger charge is 2.20. The number of rotatable bonds is 5. The summed E-state index contributed by atoms with van der Waals surface area (Å²) in [7, 11) is 0. The van der Waals surface area contributed by atoms with E-state index >= 15 is 0 Å². The van der Waals surface area contributed by atoms with Gasteiger partial charge in [0.1, 0.15) is 12.2 Å². The van der Waals surface area contributed by atoms with Crippen molar-refractivity contribution in [3.63, 3.8) is 0 Å². The zero-order valence-electron chi connectivity index (χ0n) is 16.1. The van der Waals surface area contributed by atoms with Crippen LogP contribution in [-0.4, -0.2) is 25.6 Å². The lowest BCUT2D eigenvalue weighted by atomic mass is 10.0. The van der Waals surface area contributed by atoms with Crippen LogP contribution in [0.15, 0.2) is 67.3 Å². The number of hydrogen-bond acceptors (Lipinski definition) is 3. The molecular weight excluding hydrogens is 346 g/mol. The molecule has 0 bridgehead atoms. The van der Waals surface area contributed by atoms with Gasteiger partial charge in [0.05, 0.1) is 11.0 Å². The first-order valence-electron chi connectivity index (χ1n) is 10.1. The van der Waals surface area contributed by atoms with Crippen LogP contribution in [0.4, 0.5) is 0 Å². The Morgan fingerprint density at radius 1 is 1.11 bits per heavy atom. The summed E-state index contributed by atoms with van der Waals surface area (Å²) in [5.41, 5.74) is 4.60. The third kappa shape index (κ3) is 3.12. The van der Waals surface area contributed by atoms with E-state index in [1.165, 1.54) is 24.2 Å². The van der Waals surface area contributed by atoms with Crippen LogP contribution in [0, 0.1) is 0 Å². The van der Waals surface area contributed by atoms with Crippen molar-refractivity contribution in [2.24, 2.45) is 0 Å². The summed E-state index contributed by atoms with van der Waals surface area (Å²) in [5.74, 6) is 1.22. The number of nitrogens with one attached hydrogen (secondary N) is 1. The van der Waals surface area contributed by atoms with Gasteiger partial charge in [-0.3, -0.25) is 4.57 Å². The maximum atomic E-state index is 4.49. The first-order chi connectivity index (χ1) is 13.8. The number of fused-ring (bicyclic) bond motifs is 2. The molecule has 1 N–H and O–H groups in total. The summed E-state index contributed by atoms with van der Waals surface area (Å²) in [4.78, 5) is 8.97. The lowest BCUT2D eigenvalue weighted by Gasteiger charge is -2.27. The van der Waals surface area contributed by atoms with E-state index in [1.807, 2.05) is 24.7 Å². The van der Waals surface area contributed by atoms with Crippen LogP contribution in [0.5, 0.6) is 0 Å². The fourth-order valence-corrected chi connectivity index (χ4v) is 4.22. The number of nitrogens with zero attached hydrogens (tertiary/aromatic N) is 4. The number of aryl methyl sites for hydroxylation is 1. The summed E-state index contributed by atoms with van der Waals surface area (Å²) < 4.78 is 4.48. The molecule has 5 nitrogen and oxygen atoms in total. The Labute approximate surface area is 165 Å². The minimum Gasteiger partial charge on any atom is -0.331 e. The molecule has 2 atom stereocenters. The second-order valence-electron chi connectivity index (χ2n) is 7.62. The molecule has 1 aliphatic rings. The molecular formula is C23H25N5. The van der Waals surface area contributed by atoms with Crippen molar-refractivity contribution < 1.29 is 0 Å². The van der Waals surface area contributed by atoms with Crippen molar-refractivity contribution in [3.05, 3.63) is 78.6 Å². The Hall–Kier alpha value is -2.92. The summed E-state index contributed by atoms with van der Waals surface area (Å²) >= 11 is 0. The molecule has 2 aromatic carbocycles. The molecule has 0 fully saturated rings. The third-order valence-electron chi connectivity index (χ3n) is 5.86. The largest absolute Gasteiger partial charge is 0.331 e. The van der Waals surface area contributed by atoms with E-state index in [0.717, 1.165) is 29.7 Å². The van der Waals surface area contributed by atoms with Crippen molar-refractivity contribution in [2.45, 2.75) is 38.3 Å². The van der Waals surface area contributed by atoms with Crippen LogP contribution >= 0.6 is 0 Å². The molecule has 0 amide bonds. The van der Waals surface area contributed by atoms with Crippen molar-refractivity contribution in [2.75, 3.05) is 6.54 Å². The molecule has 2 unspecified atom stereocenters. The van der Waals surface area contributed by atoms with Crippen LogP contribution < -0.4 is 5.32 Å². The van der Waals surface area contributed by atoms with Gasteiger partial charge in [0.25, 0.3) is 0 Å². The van der Waals surface area contributed by atoms with Crippen molar-refractivity contribution in [3.8, 4) is 5.69 Å². The quantitative estimate of drug-likeness (QED) is 0.564. The van der Waals surface area contributed by atoms with Gasteiger partial charge in [-0.25, -0.2) is 9.97 Å². The molecule has 1 aliphatic heterocycles. The highest BCUT2D eigenvalue weighted by atomic mass is 15.1. The summed E-state index contributed by atoms with van der Waals surface area (Å²) in [6, 6.07) is 17.8. The highest BCUT2D eigenvalue weighted by molar-refractivity contribution is 5.77. The van der Waals surface area contributed by atoms with Crippen molar-refractivity contribution in [1.82, 2.24) is 24.4 Å². The molecule has 3 heterocycles. The van der Waals surface area contributed by atoms with Gasteiger partial charge in [0.2, 0.25) is 0 Å². The highest BCUT2D eigenvalue weighted by Crippen LogP contribution is 2.25. The topological polar surface area (TPSA) is 47.7 Å². The molecule has 0 aliphatic carbocycles. The summed E-state index contributed by atoms with van der Waals surface area (Å²) in [5, 5.41) is 3.72. The van der Waals surface area contributed by atoms with Crippen LogP contribution in [-0.2, 0) is 6.42 Å². The predicted molar refractivity (Wildman–Crippen MR) is 112 cm³/mol. The van der Waals surface area contributed by atoms with E-state index < -0.39 is 0 Å². The first-order valence-corrected chi connectivity index (χ1v) is 10.1. The number of benzene rings is 2. The molecule has 28 heavy (non-hydrogen) atoms. The SMILES string of the molecule is CC(NCC1CCCc2nccn21)c1ccc(-n2cnc3ccccc32)cc1. The molecule has 2 aromatic heterocycles. The van der Waals surface area contributed by atoms with Gasteiger partial charge in [-0.05, 0) is 49.6 Å². The second-order valence-corrected chi connectivity index (χ2v) is 7.62. The van der Waals surface area contributed by atoms with Crippen LogP contribution in [0.1, 0.15) is 43.2 Å². The Kier molecular flexibility index (Phi) is 4.45. The Morgan fingerprint density at radius 3 is 2.86 bits per heavy atom. The monoisotopic (exact) mass is 371 g/mol. The van der Waals surface area contributed by atoms with E-state index in [0.29, 0.717) is 12.1 Å². The maximum absolute atomic E-state index is 4.49. The molecule has 5 rings (SSSR count). The van der Waals surface area contributed by atoms with Crippen molar-refractivity contribution in [1.29, 1.82) is 0 Å². The van der Waals surface area contributed by atoms with Crippen LogP contribution in [0.3, 0.4) is 0 Å². The molecule has 142 valence electrons. The van der Waals surface area contributed by atoms with Gasteiger partial charge in [0.15, 0.2) is 0 Å². The Morgan fingerprint density at radius 2 is 1.96 bits per heavy atom. The average Bonchev–Trinajstić information content (AvgIpc) is 3.39. The zero-order valence-corrected chi connectivity index (χ0v) is 16.1. The fourth-order valence-electron chi connectivity index (χ4n) is 4.22. The van der Waals surface area contributed by atoms with E-state index in [4.69, 9.17) is 0 Å². The minimum absolute atomic E-state index is 0.308. The zero-order chi connectivity index (χ0) is 18.9. The third-order valence-corrected chi connectivity index (χ3v) is 5.86. The van der Waals surface area contributed by atoms with Gasteiger partial charge >= 0.3 is 0 Å². The number of aromatic nitrogens is 4. The van der Waals surface area contributed by atoms with Gasteiger partial charge in [-0.1, -0.05) is 24.3 Å². The Bertz CT molecular complexity index is 1080. The fraction of sp³-hybridized carbons (Fsp3) is 0.304. The first kappa shape index (κ1) is 17.2. The number of imidazole rings is 2. The number of hydrogen-bond donors (Lipinski definition) is 1. The summed E-state index contributed by atoms with van der Waals surface area (Å²) in [6.07, 6.45) is 9.49. The lowest BCUT2D eigenvalue weighted by Crippen LogP contribution is -2.30.